The smallest absolute Gasteiger partial charge is 0.128 e. The fourth-order valence-electron chi connectivity index (χ4n) is 2.65. The normalized spacial score (nSPS) is 12.5. The zero-order valence-corrected chi connectivity index (χ0v) is 13.3. The summed E-state index contributed by atoms with van der Waals surface area (Å²) in [5.41, 5.74) is 4.58. The van der Waals surface area contributed by atoms with Crippen molar-refractivity contribution in [2.75, 3.05) is 7.11 Å². The Bertz CT molecular complexity index is 635. The van der Waals surface area contributed by atoms with E-state index in [0.717, 1.165) is 40.5 Å². The van der Waals surface area contributed by atoms with E-state index in [1.807, 2.05) is 38.4 Å². The molecule has 0 amide bonds. The average molecular weight is 289 g/mol. The van der Waals surface area contributed by atoms with Crippen LogP contribution in [0.2, 0.25) is 0 Å². The second kappa shape index (κ2) is 6.26. The third kappa shape index (κ3) is 3.08. The van der Waals surface area contributed by atoms with E-state index in [2.05, 4.69) is 10.1 Å². The summed E-state index contributed by atoms with van der Waals surface area (Å²) in [4.78, 5) is 4.44. The number of aryl methyl sites for hydroxylation is 3. The molecule has 0 fully saturated rings. The lowest BCUT2D eigenvalue weighted by Crippen LogP contribution is -2.12. The highest BCUT2D eigenvalue weighted by Gasteiger charge is 2.18. The van der Waals surface area contributed by atoms with Crippen molar-refractivity contribution in [2.45, 2.75) is 46.8 Å². The summed E-state index contributed by atoms with van der Waals surface area (Å²) in [6, 6.07) is 1.93. The van der Waals surface area contributed by atoms with Gasteiger partial charge in [0.15, 0.2) is 0 Å². The molecule has 0 aliphatic heterocycles. The first kappa shape index (κ1) is 15.5. The molecule has 0 bridgehead atoms. The molecule has 0 aliphatic carbocycles. The van der Waals surface area contributed by atoms with Crippen LogP contribution in [0, 0.1) is 20.8 Å². The molecule has 1 unspecified atom stereocenters. The number of aromatic nitrogens is 3. The molecule has 0 saturated carbocycles. The quantitative estimate of drug-likeness (QED) is 0.918. The first-order valence-corrected chi connectivity index (χ1v) is 7.19. The minimum absolute atomic E-state index is 0.452. The fourth-order valence-corrected chi connectivity index (χ4v) is 2.65. The van der Waals surface area contributed by atoms with E-state index in [1.54, 1.807) is 13.3 Å². The van der Waals surface area contributed by atoms with Crippen molar-refractivity contribution < 1.29 is 9.84 Å². The van der Waals surface area contributed by atoms with Crippen LogP contribution in [-0.2, 0) is 13.0 Å². The second-order valence-corrected chi connectivity index (χ2v) is 5.29. The Hall–Kier alpha value is -1.88. The molecular weight excluding hydrogens is 266 g/mol. The van der Waals surface area contributed by atoms with Crippen LogP contribution in [0.25, 0.3) is 0 Å². The topological polar surface area (TPSA) is 60.2 Å². The van der Waals surface area contributed by atoms with Crippen LogP contribution in [-0.4, -0.2) is 27.0 Å². The van der Waals surface area contributed by atoms with Crippen molar-refractivity contribution in [3.63, 3.8) is 0 Å². The Morgan fingerprint density at radius 1 is 1.33 bits per heavy atom. The maximum Gasteiger partial charge on any atom is 0.128 e. The molecule has 5 nitrogen and oxygen atoms in total. The maximum atomic E-state index is 10.5. The Balaban J connectivity index is 2.29. The molecule has 1 atom stereocenters. The van der Waals surface area contributed by atoms with Crippen molar-refractivity contribution in [3.05, 3.63) is 40.5 Å². The van der Waals surface area contributed by atoms with Gasteiger partial charge >= 0.3 is 0 Å². The number of hydrogen-bond acceptors (Lipinski definition) is 4. The standard InChI is InChI=1S/C16H23N3O2/c1-6-19-14(7-11(3)18-19)15(20)8-13-12(4)16(21-5)10(2)9-17-13/h7,9,15,20H,6,8H2,1-5H3. The van der Waals surface area contributed by atoms with Gasteiger partial charge in [-0.2, -0.15) is 5.10 Å². The van der Waals surface area contributed by atoms with Gasteiger partial charge in [0.1, 0.15) is 11.9 Å². The van der Waals surface area contributed by atoms with Gasteiger partial charge in [0.25, 0.3) is 0 Å². The molecular formula is C16H23N3O2. The fraction of sp³-hybridized carbons (Fsp3) is 0.500. The lowest BCUT2D eigenvalue weighted by atomic mass is 10.0. The molecule has 0 radical (unpaired) electrons. The Labute approximate surface area is 125 Å². The molecule has 0 spiro atoms. The lowest BCUT2D eigenvalue weighted by Gasteiger charge is -2.16. The van der Waals surface area contributed by atoms with Crippen LogP contribution in [0.1, 0.15) is 41.2 Å². The molecule has 0 saturated heterocycles. The van der Waals surface area contributed by atoms with Gasteiger partial charge in [-0.1, -0.05) is 0 Å². The lowest BCUT2D eigenvalue weighted by molar-refractivity contribution is 0.165. The van der Waals surface area contributed by atoms with Crippen LogP contribution in [0.15, 0.2) is 12.3 Å². The van der Waals surface area contributed by atoms with Crippen LogP contribution in [0.3, 0.4) is 0 Å². The molecule has 21 heavy (non-hydrogen) atoms. The van der Waals surface area contributed by atoms with Crippen LogP contribution < -0.4 is 4.74 Å². The number of aliphatic hydroxyl groups excluding tert-OH is 1. The van der Waals surface area contributed by atoms with E-state index in [0.29, 0.717) is 6.42 Å². The highest BCUT2D eigenvalue weighted by atomic mass is 16.5. The number of rotatable bonds is 5. The molecule has 2 heterocycles. The van der Waals surface area contributed by atoms with Crippen molar-refractivity contribution in [1.82, 2.24) is 14.8 Å². The summed E-state index contributed by atoms with van der Waals surface area (Å²) in [6.07, 6.45) is 1.62. The van der Waals surface area contributed by atoms with Crippen molar-refractivity contribution in [1.29, 1.82) is 0 Å². The summed E-state index contributed by atoms with van der Waals surface area (Å²) < 4.78 is 7.25. The third-order valence-corrected chi connectivity index (χ3v) is 3.71. The number of hydrogen-bond donors (Lipinski definition) is 1. The predicted molar refractivity (Wildman–Crippen MR) is 81.6 cm³/mol. The van der Waals surface area contributed by atoms with Crippen molar-refractivity contribution in [2.24, 2.45) is 0 Å². The zero-order chi connectivity index (χ0) is 15.6. The highest BCUT2D eigenvalue weighted by Crippen LogP contribution is 2.27. The summed E-state index contributed by atoms with van der Waals surface area (Å²) in [5, 5.41) is 14.9. The second-order valence-electron chi connectivity index (χ2n) is 5.29. The molecule has 2 aromatic heterocycles. The summed E-state index contributed by atoms with van der Waals surface area (Å²) in [7, 11) is 1.66. The van der Waals surface area contributed by atoms with Gasteiger partial charge in [0.05, 0.1) is 18.5 Å². The molecule has 2 aromatic rings. The van der Waals surface area contributed by atoms with Gasteiger partial charge in [-0.3, -0.25) is 9.67 Å². The summed E-state index contributed by atoms with van der Waals surface area (Å²) in [5.74, 6) is 0.840. The Kier molecular flexibility index (Phi) is 4.63. The van der Waals surface area contributed by atoms with E-state index in [9.17, 15) is 5.11 Å². The Morgan fingerprint density at radius 2 is 2.05 bits per heavy atom. The molecule has 5 heteroatoms. The minimum Gasteiger partial charge on any atom is -0.496 e. The minimum atomic E-state index is -0.621. The van der Waals surface area contributed by atoms with Crippen LogP contribution in [0.4, 0.5) is 0 Å². The van der Waals surface area contributed by atoms with E-state index >= 15 is 0 Å². The van der Waals surface area contributed by atoms with Crippen molar-refractivity contribution >= 4 is 0 Å². The van der Waals surface area contributed by atoms with Gasteiger partial charge in [-0.15, -0.1) is 0 Å². The SMILES string of the molecule is CCn1nc(C)cc1C(O)Cc1ncc(C)c(OC)c1C. The van der Waals surface area contributed by atoms with E-state index < -0.39 is 6.10 Å². The maximum absolute atomic E-state index is 10.5. The van der Waals surface area contributed by atoms with Crippen LogP contribution in [0.5, 0.6) is 5.75 Å². The van der Waals surface area contributed by atoms with E-state index in [-0.39, 0.29) is 0 Å². The number of pyridine rings is 1. The van der Waals surface area contributed by atoms with E-state index in [1.165, 1.54) is 0 Å². The highest BCUT2D eigenvalue weighted by molar-refractivity contribution is 5.41. The first-order chi connectivity index (χ1) is 9.97. The number of nitrogens with zero attached hydrogens (tertiary/aromatic N) is 3. The molecule has 114 valence electrons. The first-order valence-electron chi connectivity index (χ1n) is 7.19. The van der Waals surface area contributed by atoms with Gasteiger partial charge < -0.3 is 9.84 Å². The number of ether oxygens (including phenoxy) is 1. The van der Waals surface area contributed by atoms with E-state index in [4.69, 9.17) is 4.74 Å². The third-order valence-electron chi connectivity index (χ3n) is 3.71. The molecule has 0 aliphatic rings. The monoisotopic (exact) mass is 289 g/mol. The van der Waals surface area contributed by atoms with Gasteiger partial charge in [-0.05, 0) is 33.8 Å². The van der Waals surface area contributed by atoms with Crippen LogP contribution >= 0.6 is 0 Å². The number of aliphatic hydroxyl groups is 1. The summed E-state index contributed by atoms with van der Waals surface area (Å²) >= 11 is 0. The molecule has 2 rings (SSSR count). The van der Waals surface area contributed by atoms with Crippen molar-refractivity contribution in [3.8, 4) is 5.75 Å². The molecule has 0 aromatic carbocycles. The van der Waals surface area contributed by atoms with Gasteiger partial charge in [0, 0.05) is 36.0 Å². The summed E-state index contributed by atoms with van der Waals surface area (Å²) in [6.45, 7) is 8.63. The van der Waals surface area contributed by atoms with Gasteiger partial charge in [-0.25, -0.2) is 0 Å². The largest absolute Gasteiger partial charge is 0.496 e. The average Bonchev–Trinajstić information content (AvgIpc) is 2.84. The Morgan fingerprint density at radius 3 is 2.67 bits per heavy atom. The zero-order valence-electron chi connectivity index (χ0n) is 13.3. The van der Waals surface area contributed by atoms with Gasteiger partial charge in [0.2, 0.25) is 0 Å². The number of methoxy groups -OCH3 is 1. The predicted octanol–water partition coefficient (Wildman–Crippen LogP) is 2.51. The molecule has 1 N–H and O–H groups in total.